The Morgan fingerprint density at radius 3 is 2.68 bits per heavy atom. The van der Waals surface area contributed by atoms with Crippen molar-refractivity contribution >= 4 is 44.4 Å². The summed E-state index contributed by atoms with van der Waals surface area (Å²) in [7, 11) is -4.02. The Balaban J connectivity index is 1.68. The zero-order valence-electron chi connectivity index (χ0n) is 14.5. The van der Waals surface area contributed by atoms with E-state index in [2.05, 4.69) is 5.32 Å². The van der Waals surface area contributed by atoms with Gasteiger partial charge in [-0.1, -0.05) is 23.7 Å². The van der Waals surface area contributed by atoms with Crippen LogP contribution < -0.4 is 9.62 Å². The highest BCUT2D eigenvalue weighted by Gasteiger charge is 2.41. The second-order valence-electron chi connectivity index (χ2n) is 6.07. The van der Waals surface area contributed by atoms with Gasteiger partial charge in [-0.25, -0.2) is 8.42 Å². The van der Waals surface area contributed by atoms with Crippen LogP contribution in [-0.2, 0) is 23.1 Å². The standard InChI is InChI=1S/C19H15ClN2O4S2/c20-14-5-3-13(4-6-14)12-22-16-7-9-27-19(16)18(23)17(28(22,24)25)11-21-10-15-2-1-8-26-15/h1-9,11,21H,10,12H2/b17-11-. The molecule has 1 N–H and O–H groups in total. The molecule has 0 saturated heterocycles. The number of carbonyl (C=O) groups is 1. The molecule has 0 atom stereocenters. The molecule has 0 spiro atoms. The Labute approximate surface area is 171 Å². The number of rotatable bonds is 5. The normalized spacial score (nSPS) is 17.0. The molecular formula is C19H15ClN2O4S2. The number of nitrogens with one attached hydrogen (secondary N) is 1. The van der Waals surface area contributed by atoms with Crippen LogP contribution in [-0.4, -0.2) is 14.2 Å². The van der Waals surface area contributed by atoms with E-state index in [1.807, 2.05) is 0 Å². The molecule has 0 radical (unpaired) electrons. The van der Waals surface area contributed by atoms with Gasteiger partial charge in [0.15, 0.2) is 4.91 Å². The fraction of sp³-hybridized carbons (Fsp3) is 0.105. The van der Waals surface area contributed by atoms with Gasteiger partial charge in [0.25, 0.3) is 10.0 Å². The lowest BCUT2D eigenvalue weighted by molar-refractivity contribution is 0.104. The number of hydrogen-bond donors (Lipinski definition) is 1. The van der Waals surface area contributed by atoms with Gasteiger partial charge in [0, 0.05) is 11.2 Å². The summed E-state index contributed by atoms with van der Waals surface area (Å²) in [5.41, 5.74) is 1.16. The maximum atomic E-state index is 13.2. The van der Waals surface area contributed by atoms with Gasteiger partial charge in [-0.3, -0.25) is 9.10 Å². The number of furan rings is 1. The summed E-state index contributed by atoms with van der Waals surface area (Å²) in [5, 5.41) is 5.15. The van der Waals surface area contributed by atoms with Gasteiger partial charge in [0.05, 0.1) is 25.0 Å². The van der Waals surface area contributed by atoms with Crippen LogP contribution in [0.5, 0.6) is 0 Å². The van der Waals surface area contributed by atoms with Crippen LogP contribution in [0.15, 0.2) is 69.6 Å². The Kier molecular flexibility index (Phi) is 5.01. The van der Waals surface area contributed by atoms with Gasteiger partial charge in [-0.2, -0.15) is 0 Å². The first-order chi connectivity index (χ1) is 13.5. The Bertz CT molecular complexity index is 1130. The van der Waals surface area contributed by atoms with Gasteiger partial charge in [0.1, 0.15) is 10.6 Å². The summed E-state index contributed by atoms with van der Waals surface area (Å²) in [4.78, 5) is 12.9. The van der Waals surface area contributed by atoms with Crippen molar-refractivity contribution in [3.63, 3.8) is 0 Å². The first kappa shape index (κ1) is 18.8. The zero-order chi connectivity index (χ0) is 19.7. The van der Waals surface area contributed by atoms with Crippen LogP contribution in [0.1, 0.15) is 21.0 Å². The largest absolute Gasteiger partial charge is 0.467 e. The number of sulfonamides is 1. The molecule has 3 aromatic rings. The van der Waals surface area contributed by atoms with Crippen molar-refractivity contribution in [2.24, 2.45) is 0 Å². The predicted molar refractivity (Wildman–Crippen MR) is 109 cm³/mol. The average molecular weight is 435 g/mol. The van der Waals surface area contributed by atoms with E-state index in [4.69, 9.17) is 16.0 Å². The molecule has 9 heteroatoms. The van der Waals surface area contributed by atoms with E-state index in [0.29, 0.717) is 21.3 Å². The maximum Gasteiger partial charge on any atom is 0.270 e. The van der Waals surface area contributed by atoms with Crippen LogP contribution in [0.3, 0.4) is 0 Å². The molecule has 0 amide bonds. The topological polar surface area (TPSA) is 79.6 Å². The van der Waals surface area contributed by atoms with E-state index < -0.39 is 15.8 Å². The Morgan fingerprint density at radius 1 is 1.18 bits per heavy atom. The van der Waals surface area contributed by atoms with Crippen molar-refractivity contribution in [3.05, 3.63) is 86.4 Å². The minimum atomic E-state index is -4.02. The molecule has 1 aliphatic rings. The molecule has 2 aromatic heterocycles. The highest BCUT2D eigenvalue weighted by atomic mass is 35.5. The number of fused-ring (bicyclic) bond motifs is 1. The highest BCUT2D eigenvalue weighted by molar-refractivity contribution is 7.97. The van der Waals surface area contributed by atoms with E-state index in [-0.39, 0.29) is 18.0 Å². The van der Waals surface area contributed by atoms with E-state index >= 15 is 0 Å². The molecule has 0 saturated carbocycles. The summed E-state index contributed by atoms with van der Waals surface area (Å²) in [6, 6.07) is 12.1. The first-order valence-corrected chi connectivity index (χ1v) is 11.0. The maximum absolute atomic E-state index is 13.2. The number of allylic oxidation sites excluding steroid dienone is 1. The monoisotopic (exact) mass is 434 g/mol. The molecule has 0 aliphatic carbocycles. The zero-order valence-corrected chi connectivity index (χ0v) is 16.9. The molecule has 3 heterocycles. The lowest BCUT2D eigenvalue weighted by atomic mass is 10.2. The number of carbonyl (C=O) groups excluding carboxylic acids is 1. The number of hydrogen-bond acceptors (Lipinski definition) is 6. The van der Waals surface area contributed by atoms with Gasteiger partial charge in [0.2, 0.25) is 5.78 Å². The van der Waals surface area contributed by atoms with Crippen molar-refractivity contribution in [1.82, 2.24) is 5.32 Å². The van der Waals surface area contributed by atoms with Crippen molar-refractivity contribution in [2.75, 3.05) is 4.31 Å². The van der Waals surface area contributed by atoms with Crippen LogP contribution >= 0.6 is 22.9 Å². The van der Waals surface area contributed by atoms with Gasteiger partial charge < -0.3 is 9.73 Å². The molecule has 28 heavy (non-hydrogen) atoms. The number of halogens is 1. The minimum Gasteiger partial charge on any atom is -0.467 e. The van der Waals surface area contributed by atoms with Crippen molar-refractivity contribution < 1.29 is 17.6 Å². The molecule has 0 bridgehead atoms. The second kappa shape index (κ2) is 7.46. The third-order valence-electron chi connectivity index (χ3n) is 4.24. The van der Waals surface area contributed by atoms with Gasteiger partial charge in [-0.05, 0) is 41.3 Å². The molecule has 0 unspecified atom stereocenters. The summed E-state index contributed by atoms with van der Waals surface area (Å²) < 4.78 is 32.9. The smallest absolute Gasteiger partial charge is 0.270 e. The number of anilines is 1. The van der Waals surface area contributed by atoms with Gasteiger partial charge >= 0.3 is 0 Å². The lowest BCUT2D eigenvalue weighted by Crippen LogP contribution is -2.38. The Morgan fingerprint density at radius 2 is 1.96 bits per heavy atom. The van der Waals surface area contributed by atoms with E-state index in [9.17, 15) is 13.2 Å². The van der Waals surface area contributed by atoms with E-state index in [1.54, 1.807) is 47.8 Å². The number of thiophene rings is 1. The van der Waals surface area contributed by atoms with Gasteiger partial charge in [-0.15, -0.1) is 11.3 Å². The number of ketones is 1. The summed E-state index contributed by atoms with van der Waals surface area (Å²) in [6.45, 7) is 0.375. The number of nitrogens with zero attached hydrogens (tertiary/aromatic N) is 1. The quantitative estimate of drug-likeness (QED) is 0.610. The van der Waals surface area contributed by atoms with Crippen molar-refractivity contribution in [3.8, 4) is 0 Å². The molecular weight excluding hydrogens is 420 g/mol. The number of benzene rings is 1. The molecule has 1 aromatic carbocycles. The minimum absolute atomic E-state index is 0.103. The second-order valence-corrected chi connectivity index (χ2v) is 9.25. The van der Waals surface area contributed by atoms with E-state index in [1.165, 1.54) is 28.1 Å². The lowest BCUT2D eigenvalue weighted by Gasteiger charge is -2.29. The predicted octanol–water partition coefficient (Wildman–Crippen LogP) is 4.16. The highest BCUT2D eigenvalue weighted by Crippen LogP contribution is 2.39. The van der Waals surface area contributed by atoms with Crippen LogP contribution in [0.25, 0.3) is 0 Å². The first-order valence-electron chi connectivity index (χ1n) is 8.32. The molecule has 0 fully saturated rings. The fourth-order valence-corrected chi connectivity index (χ4v) is 5.50. The molecule has 4 rings (SSSR count). The third-order valence-corrected chi connectivity index (χ3v) is 7.16. The van der Waals surface area contributed by atoms with Crippen molar-refractivity contribution in [2.45, 2.75) is 13.1 Å². The average Bonchev–Trinajstić information content (AvgIpc) is 3.35. The summed E-state index contributed by atoms with van der Waals surface area (Å²) in [5.74, 6) is 0.122. The van der Waals surface area contributed by atoms with E-state index in [0.717, 1.165) is 5.56 Å². The van der Waals surface area contributed by atoms with Crippen LogP contribution in [0.2, 0.25) is 5.02 Å². The van der Waals surface area contributed by atoms with Crippen LogP contribution in [0.4, 0.5) is 5.69 Å². The third kappa shape index (κ3) is 3.46. The SMILES string of the molecule is O=C1/C(=C/NCc2ccco2)S(=O)(=O)N(Cc2ccc(Cl)cc2)c2ccsc21. The summed E-state index contributed by atoms with van der Waals surface area (Å²) >= 11 is 7.14. The van der Waals surface area contributed by atoms with Crippen molar-refractivity contribution in [1.29, 1.82) is 0 Å². The fourth-order valence-electron chi connectivity index (χ4n) is 2.87. The van der Waals surface area contributed by atoms with Crippen LogP contribution in [0, 0.1) is 0 Å². The Hall–Kier alpha value is -2.55. The molecule has 144 valence electrons. The molecule has 6 nitrogen and oxygen atoms in total. The number of Topliss-reactive ketones (excluding diaryl/α,β-unsaturated/α-hetero) is 1. The summed E-state index contributed by atoms with van der Waals surface area (Å²) in [6.07, 6.45) is 2.77. The molecule has 1 aliphatic heterocycles.